The first-order chi connectivity index (χ1) is 7.83. The van der Waals surface area contributed by atoms with Crippen molar-refractivity contribution in [3.8, 4) is 0 Å². The number of hydrogen-bond acceptors (Lipinski definition) is 4. The molecule has 1 heterocycles. The van der Waals surface area contributed by atoms with Gasteiger partial charge < -0.3 is 19.8 Å². The lowest BCUT2D eigenvalue weighted by atomic mass is 10.4. The van der Waals surface area contributed by atoms with Gasteiger partial charge in [-0.15, -0.1) is 0 Å². The lowest BCUT2D eigenvalue weighted by molar-refractivity contribution is -0.120. The Hall–Kier alpha value is -1.33. The standard InChI is InChI=1S/C11H18N2O3/c1-12-8-11(14)13-5-3-6-15-9-10-4-2-7-16-10/h2,4,7,12H,3,5-6,8-9H2,1H3,(H,13,14). The van der Waals surface area contributed by atoms with Crippen LogP contribution in [0.2, 0.25) is 0 Å². The number of likely N-dealkylation sites (N-methyl/N-ethyl adjacent to an activating group) is 1. The summed E-state index contributed by atoms with van der Waals surface area (Å²) >= 11 is 0. The number of nitrogens with one attached hydrogen (secondary N) is 2. The Bertz CT molecular complexity index is 285. The van der Waals surface area contributed by atoms with Gasteiger partial charge in [-0.05, 0) is 25.6 Å². The smallest absolute Gasteiger partial charge is 0.233 e. The maximum Gasteiger partial charge on any atom is 0.233 e. The predicted octanol–water partition coefficient (Wildman–Crippen LogP) is 0.522. The largest absolute Gasteiger partial charge is 0.467 e. The van der Waals surface area contributed by atoms with Gasteiger partial charge in [-0.1, -0.05) is 0 Å². The Morgan fingerprint density at radius 1 is 1.56 bits per heavy atom. The van der Waals surface area contributed by atoms with E-state index in [1.54, 1.807) is 13.3 Å². The summed E-state index contributed by atoms with van der Waals surface area (Å²) in [4.78, 5) is 11.0. The van der Waals surface area contributed by atoms with E-state index in [-0.39, 0.29) is 5.91 Å². The van der Waals surface area contributed by atoms with Crippen molar-refractivity contribution in [3.05, 3.63) is 24.2 Å². The molecule has 0 fully saturated rings. The maximum absolute atomic E-state index is 11.0. The average molecular weight is 226 g/mol. The Labute approximate surface area is 95.2 Å². The summed E-state index contributed by atoms with van der Waals surface area (Å²) < 4.78 is 10.5. The van der Waals surface area contributed by atoms with E-state index in [1.165, 1.54) is 0 Å². The molecule has 0 saturated carbocycles. The van der Waals surface area contributed by atoms with Crippen molar-refractivity contribution in [2.75, 3.05) is 26.7 Å². The topological polar surface area (TPSA) is 63.5 Å². The number of carbonyl (C=O) groups excluding carboxylic acids is 1. The molecule has 1 rings (SSSR count). The summed E-state index contributed by atoms with van der Waals surface area (Å²) in [6.45, 7) is 2.09. The summed E-state index contributed by atoms with van der Waals surface area (Å²) in [6.07, 6.45) is 2.42. The van der Waals surface area contributed by atoms with Gasteiger partial charge >= 0.3 is 0 Å². The van der Waals surface area contributed by atoms with Crippen molar-refractivity contribution in [1.82, 2.24) is 10.6 Å². The third-order valence-corrected chi connectivity index (χ3v) is 1.95. The molecule has 0 bridgehead atoms. The number of hydrogen-bond donors (Lipinski definition) is 2. The molecule has 1 aromatic rings. The summed E-state index contributed by atoms with van der Waals surface area (Å²) in [6, 6.07) is 3.70. The number of amides is 1. The maximum atomic E-state index is 11.0. The fourth-order valence-electron chi connectivity index (χ4n) is 1.19. The number of furan rings is 1. The van der Waals surface area contributed by atoms with Gasteiger partial charge in [0.15, 0.2) is 0 Å². The zero-order valence-corrected chi connectivity index (χ0v) is 9.49. The first-order valence-electron chi connectivity index (χ1n) is 5.34. The van der Waals surface area contributed by atoms with Crippen LogP contribution in [0.5, 0.6) is 0 Å². The van der Waals surface area contributed by atoms with Crippen molar-refractivity contribution < 1.29 is 13.9 Å². The minimum absolute atomic E-state index is 0.00790. The Balaban J connectivity index is 1.90. The minimum atomic E-state index is 0.00790. The van der Waals surface area contributed by atoms with E-state index in [1.807, 2.05) is 12.1 Å². The highest BCUT2D eigenvalue weighted by Gasteiger charge is 1.98. The number of carbonyl (C=O) groups is 1. The van der Waals surface area contributed by atoms with Crippen molar-refractivity contribution in [2.45, 2.75) is 13.0 Å². The third-order valence-electron chi connectivity index (χ3n) is 1.95. The van der Waals surface area contributed by atoms with E-state index in [4.69, 9.17) is 9.15 Å². The van der Waals surface area contributed by atoms with Gasteiger partial charge in [0, 0.05) is 13.2 Å². The van der Waals surface area contributed by atoms with E-state index >= 15 is 0 Å². The molecule has 1 aromatic heterocycles. The highest BCUT2D eigenvalue weighted by molar-refractivity contribution is 5.77. The lowest BCUT2D eigenvalue weighted by Gasteiger charge is -2.04. The second-order valence-electron chi connectivity index (χ2n) is 3.37. The molecule has 0 atom stereocenters. The van der Waals surface area contributed by atoms with Crippen LogP contribution in [0, 0.1) is 0 Å². The molecule has 0 aliphatic heterocycles. The summed E-state index contributed by atoms with van der Waals surface area (Å²) in [5, 5.41) is 5.55. The van der Waals surface area contributed by atoms with Crippen LogP contribution in [-0.4, -0.2) is 32.7 Å². The van der Waals surface area contributed by atoms with E-state index in [9.17, 15) is 4.79 Å². The summed E-state index contributed by atoms with van der Waals surface area (Å²) in [7, 11) is 1.74. The van der Waals surface area contributed by atoms with Crippen molar-refractivity contribution in [1.29, 1.82) is 0 Å². The van der Waals surface area contributed by atoms with Crippen LogP contribution in [-0.2, 0) is 16.1 Å². The zero-order valence-electron chi connectivity index (χ0n) is 9.49. The molecule has 0 aromatic carbocycles. The quantitative estimate of drug-likeness (QED) is 0.634. The van der Waals surface area contributed by atoms with Gasteiger partial charge in [-0.3, -0.25) is 4.79 Å². The first-order valence-corrected chi connectivity index (χ1v) is 5.34. The molecule has 0 saturated heterocycles. The molecule has 5 nitrogen and oxygen atoms in total. The second kappa shape index (κ2) is 7.90. The van der Waals surface area contributed by atoms with Crippen LogP contribution >= 0.6 is 0 Å². The van der Waals surface area contributed by atoms with Crippen molar-refractivity contribution in [3.63, 3.8) is 0 Å². The van der Waals surface area contributed by atoms with E-state index in [2.05, 4.69) is 10.6 Å². The van der Waals surface area contributed by atoms with Crippen LogP contribution in [0.1, 0.15) is 12.2 Å². The predicted molar refractivity (Wildman–Crippen MR) is 59.9 cm³/mol. The molecule has 0 aliphatic rings. The molecular weight excluding hydrogens is 208 g/mol. The molecule has 0 spiro atoms. The van der Waals surface area contributed by atoms with E-state index < -0.39 is 0 Å². The van der Waals surface area contributed by atoms with E-state index in [0.29, 0.717) is 26.3 Å². The van der Waals surface area contributed by atoms with Crippen LogP contribution < -0.4 is 10.6 Å². The van der Waals surface area contributed by atoms with Gasteiger partial charge in [0.05, 0.1) is 12.8 Å². The molecule has 0 aliphatic carbocycles. The number of rotatable bonds is 8. The van der Waals surface area contributed by atoms with Gasteiger partial charge in [0.25, 0.3) is 0 Å². The average Bonchev–Trinajstić information content (AvgIpc) is 2.76. The van der Waals surface area contributed by atoms with Gasteiger partial charge in [0.2, 0.25) is 5.91 Å². The van der Waals surface area contributed by atoms with Gasteiger partial charge in [0.1, 0.15) is 12.4 Å². The van der Waals surface area contributed by atoms with Crippen molar-refractivity contribution in [2.24, 2.45) is 0 Å². The van der Waals surface area contributed by atoms with E-state index in [0.717, 1.165) is 12.2 Å². The third kappa shape index (κ3) is 5.53. The number of ether oxygens (including phenoxy) is 1. The molecule has 0 radical (unpaired) electrons. The molecule has 90 valence electrons. The Morgan fingerprint density at radius 3 is 3.12 bits per heavy atom. The summed E-state index contributed by atoms with van der Waals surface area (Å²) in [5.41, 5.74) is 0. The second-order valence-corrected chi connectivity index (χ2v) is 3.37. The first kappa shape index (κ1) is 12.7. The molecule has 0 unspecified atom stereocenters. The highest BCUT2D eigenvalue weighted by Crippen LogP contribution is 2.01. The van der Waals surface area contributed by atoms with Crippen LogP contribution in [0.3, 0.4) is 0 Å². The molecular formula is C11H18N2O3. The van der Waals surface area contributed by atoms with Crippen LogP contribution in [0.4, 0.5) is 0 Å². The van der Waals surface area contributed by atoms with Crippen LogP contribution in [0.15, 0.2) is 22.8 Å². The van der Waals surface area contributed by atoms with Gasteiger partial charge in [-0.25, -0.2) is 0 Å². The monoisotopic (exact) mass is 226 g/mol. The lowest BCUT2D eigenvalue weighted by Crippen LogP contribution is -2.33. The zero-order chi connectivity index (χ0) is 11.6. The Kier molecular flexibility index (Phi) is 6.29. The van der Waals surface area contributed by atoms with Crippen LogP contribution in [0.25, 0.3) is 0 Å². The minimum Gasteiger partial charge on any atom is -0.467 e. The summed E-state index contributed by atoms with van der Waals surface area (Å²) in [5.74, 6) is 0.827. The normalized spacial score (nSPS) is 10.3. The highest BCUT2D eigenvalue weighted by atomic mass is 16.5. The SMILES string of the molecule is CNCC(=O)NCCCOCc1ccco1. The fourth-order valence-corrected chi connectivity index (χ4v) is 1.19. The molecule has 2 N–H and O–H groups in total. The molecule has 1 amide bonds. The molecule has 16 heavy (non-hydrogen) atoms. The Morgan fingerprint density at radius 2 is 2.44 bits per heavy atom. The fraction of sp³-hybridized carbons (Fsp3) is 0.545. The molecule has 5 heteroatoms. The van der Waals surface area contributed by atoms with Crippen molar-refractivity contribution >= 4 is 5.91 Å². The van der Waals surface area contributed by atoms with Gasteiger partial charge in [-0.2, -0.15) is 0 Å².